The lowest BCUT2D eigenvalue weighted by atomic mass is 10.1. The molecule has 33 heavy (non-hydrogen) atoms. The van der Waals surface area contributed by atoms with Crippen molar-refractivity contribution >= 4 is 25.1 Å². The molecule has 0 N–H and O–H groups in total. The van der Waals surface area contributed by atoms with Gasteiger partial charge in [-0.15, -0.1) is 0 Å². The summed E-state index contributed by atoms with van der Waals surface area (Å²) in [6.45, 7) is 2.90. The number of aldehydes is 4. The van der Waals surface area contributed by atoms with Gasteiger partial charge in [0.15, 0.2) is 25.1 Å². The number of hydrogen-bond donors (Lipinski definition) is 0. The van der Waals surface area contributed by atoms with E-state index in [1.54, 1.807) is 12.1 Å². The molecule has 0 fully saturated rings. The van der Waals surface area contributed by atoms with E-state index in [0.29, 0.717) is 101 Å². The van der Waals surface area contributed by atoms with E-state index in [0.717, 1.165) is 0 Å². The molecule has 0 atom stereocenters. The summed E-state index contributed by atoms with van der Waals surface area (Å²) in [5.74, 6) is 0.983. The molecule has 0 saturated heterocycles. The van der Waals surface area contributed by atoms with Crippen molar-refractivity contribution in [2.24, 2.45) is 0 Å². The molecule has 2 aromatic rings. The molecule has 0 radical (unpaired) electrons. The molecule has 0 bridgehead atoms. The second-order valence-electron chi connectivity index (χ2n) is 6.59. The Balaban J connectivity index is 1.44. The van der Waals surface area contributed by atoms with Crippen molar-refractivity contribution in [1.82, 2.24) is 0 Å². The van der Waals surface area contributed by atoms with Crippen molar-refractivity contribution in [3.05, 3.63) is 58.7 Å². The maximum absolute atomic E-state index is 10.9. The number of benzene rings is 2. The van der Waals surface area contributed by atoms with Crippen LogP contribution in [0.3, 0.4) is 0 Å². The zero-order chi connectivity index (χ0) is 23.7. The van der Waals surface area contributed by atoms with Gasteiger partial charge in [-0.05, 0) is 36.4 Å². The van der Waals surface area contributed by atoms with Gasteiger partial charge in [-0.2, -0.15) is 0 Å². The van der Waals surface area contributed by atoms with Crippen LogP contribution in [0.2, 0.25) is 0 Å². The molecule has 0 saturated carbocycles. The molecule has 0 unspecified atom stereocenters. The summed E-state index contributed by atoms with van der Waals surface area (Å²) in [7, 11) is 0. The van der Waals surface area contributed by atoms with Gasteiger partial charge < -0.3 is 23.7 Å². The normalized spacial score (nSPS) is 10.4. The van der Waals surface area contributed by atoms with Gasteiger partial charge in [0.1, 0.15) is 24.7 Å². The van der Waals surface area contributed by atoms with Gasteiger partial charge in [-0.1, -0.05) is 0 Å². The Labute approximate surface area is 191 Å². The third-order valence-corrected chi connectivity index (χ3v) is 4.36. The lowest BCUT2D eigenvalue weighted by Gasteiger charge is -2.10. The van der Waals surface area contributed by atoms with E-state index in [4.69, 9.17) is 23.7 Å². The Morgan fingerprint density at radius 2 is 0.788 bits per heavy atom. The van der Waals surface area contributed by atoms with E-state index in [9.17, 15) is 19.2 Å². The lowest BCUT2D eigenvalue weighted by Crippen LogP contribution is -2.14. The Morgan fingerprint density at radius 1 is 0.455 bits per heavy atom. The summed E-state index contributed by atoms with van der Waals surface area (Å²) in [4.78, 5) is 43.4. The van der Waals surface area contributed by atoms with Gasteiger partial charge in [0.05, 0.1) is 39.6 Å². The van der Waals surface area contributed by atoms with Crippen LogP contribution < -0.4 is 9.47 Å². The summed E-state index contributed by atoms with van der Waals surface area (Å²) in [5, 5.41) is 0. The number of carbonyl (C=O) groups is 4. The van der Waals surface area contributed by atoms with Crippen LogP contribution in [0.4, 0.5) is 0 Å². The molecule has 0 aliphatic heterocycles. The summed E-state index contributed by atoms with van der Waals surface area (Å²) >= 11 is 0. The molecule has 0 aliphatic rings. The Bertz CT molecular complexity index is 837. The first-order chi connectivity index (χ1) is 16.2. The summed E-state index contributed by atoms with van der Waals surface area (Å²) in [6.07, 6.45) is 2.47. The highest BCUT2D eigenvalue weighted by Gasteiger charge is 2.04. The van der Waals surface area contributed by atoms with E-state index < -0.39 is 0 Å². The molecule has 0 aromatic heterocycles. The number of hydrogen-bond acceptors (Lipinski definition) is 9. The van der Waals surface area contributed by atoms with Crippen molar-refractivity contribution in [2.45, 2.75) is 0 Å². The first kappa shape index (κ1) is 25.9. The Kier molecular flexibility index (Phi) is 12.1. The van der Waals surface area contributed by atoms with Crippen LogP contribution in [-0.4, -0.2) is 78.0 Å². The van der Waals surface area contributed by atoms with Crippen molar-refractivity contribution in [1.29, 1.82) is 0 Å². The number of carbonyl (C=O) groups excluding carboxylic acids is 4. The van der Waals surface area contributed by atoms with Crippen molar-refractivity contribution < 1.29 is 42.9 Å². The van der Waals surface area contributed by atoms with Crippen LogP contribution in [0.5, 0.6) is 11.5 Å². The van der Waals surface area contributed by atoms with Gasteiger partial charge in [0, 0.05) is 22.3 Å². The zero-order valence-electron chi connectivity index (χ0n) is 18.1. The van der Waals surface area contributed by atoms with Crippen LogP contribution in [0, 0.1) is 0 Å². The largest absolute Gasteiger partial charge is 0.491 e. The molecule has 9 heteroatoms. The zero-order valence-corrected chi connectivity index (χ0v) is 18.1. The van der Waals surface area contributed by atoms with Gasteiger partial charge in [-0.25, -0.2) is 0 Å². The first-order valence-electron chi connectivity index (χ1n) is 10.3. The van der Waals surface area contributed by atoms with E-state index in [1.165, 1.54) is 24.3 Å². The summed E-state index contributed by atoms with van der Waals surface area (Å²) < 4.78 is 27.2. The average molecular weight is 458 g/mol. The van der Waals surface area contributed by atoms with Crippen LogP contribution in [-0.2, 0) is 14.2 Å². The number of ether oxygens (including phenoxy) is 5. The minimum atomic E-state index is 0.283. The molecule has 2 aromatic carbocycles. The molecule has 176 valence electrons. The second kappa shape index (κ2) is 15.4. The molecule has 9 nitrogen and oxygen atoms in total. The van der Waals surface area contributed by atoms with E-state index >= 15 is 0 Å². The third kappa shape index (κ3) is 9.32. The van der Waals surface area contributed by atoms with E-state index in [-0.39, 0.29) is 11.1 Å². The fourth-order valence-electron chi connectivity index (χ4n) is 2.68. The predicted molar refractivity (Wildman–Crippen MR) is 118 cm³/mol. The lowest BCUT2D eigenvalue weighted by molar-refractivity contribution is 0.00498. The minimum absolute atomic E-state index is 0.283. The summed E-state index contributed by atoms with van der Waals surface area (Å²) in [6, 6.07) is 9.33. The topological polar surface area (TPSA) is 114 Å². The van der Waals surface area contributed by atoms with Gasteiger partial charge in [0.2, 0.25) is 0 Å². The SMILES string of the molecule is O=Cc1ccc(OCCOCCOCCOCCOc2ccc(C=O)c(C=O)c2)cc1C=O. The minimum Gasteiger partial charge on any atom is -0.491 e. The van der Waals surface area contributed by atoms with E-state index in [1.807, 2.05) is 0 Å². The highest BCUT2D eigenvalue weighted by molar-refractivity contribution is 5.91. The Morgan fingerprint density at radius 3 is 1.12 bits per heavy atom. The first-order valence-corrected chi connectivity index (χ1v) is 10.3. The molecule has 0 aliphatic carbocycles. The molecule has 0 heterocycles. The predicted octanol–water partition coefficient (Wildman–Crippen LogP) is 2.44. The average Bonchev–Trinajstić information content (AvgIpc) is 2.86. The van der Waals surface area contributed by atoms with Gasteiger partial charge in [0.25, 0.3) is 0 Å². The Hall–Kier alpha value is -3.40. The summed E-state index contributed by atoms with van der Waals surface area (Å²) in [5.41, 5.74) is 1.21. The molecule has 0 spiro atoms. The molecule has 2 rings (SSSR count). The highest BCUT2D eigenvalue weighted by Crippen LogP contribution is 2.16. The van der Waals surface area contributed by atoms with Gasteiger partial charge >= 0.3 is 0 Å². The van der Waals surface area contributed by atoms with Gasteiger partial charge in [-0.3, -0.25) is 19.2 Å². The van der Waals surface area contributed by atoms with Crippen molar-refractivity contribution in [3.63, 3.8) is 0 Å². The fourth-order valence-corrected chi connectivity index (χ4v) is 2.68. The third-order valence-electron chi connectivity index (χ3n) is 4.36. The maximum atomic E-state index is 10.9. The molecule has 0 amide bonds. The van der Waals surface area contributed by atoms with Crippen LogP contribution in [0.1, 0.15) is 41.4 Å². The highest BCUT2D eigenvalue weighted by atomic mass is 16.6. The van der Waals surface area contributed by atoms with Crippen LogP contribution in [0.15, 0.2) is 36.4 Å². The number of rotatable bonds is 18. The second-order valence-corrected chi connectivity index (χ2v) is 6.59. The van der Waals surface area contributed by atoms with Crippen LogP contribution in [0.25, 0.3) is 0 Å². The van der Waals surface area contributed by atoms with E-state index in [2.05, 4.69) is 0 Å². The fraction of sp³-hybridized carbons (Fsp3) is 0.333. The molecular formula is C24H26O9. The molecular weight excluding hydrogens is 432 g/mol. The van der Waals surface area contributed by atoms with Crippen molar-refractivity contribution in [2.75, 3.05) is 52.9 Å². The standard InChI is InChI=1S/C24H26O9/c25-15-19-1-3-23(13-21(19)17-27)32-11-9-30-7-5-29-6-8-31-10-12-33-24-4-2-20(16-26)22(14-24)18-28/h1-4,13-18H,5-12H2. The van der Waals surface area contributed by atoms with Crippen molar-refractivity contribution in [3.8, 4) is 11.5 Å². The maximum Gasteiger partial charge on any atom is 0.150 e. The smallest absolute Gasteiger partial charge is 0.150 e. The van der Waals surface area contributed by atoms with Crippen LogP contribution >= 0.6 is 0 Å². The quantitative estimate of drug-likeness (QED) is 0.245. The monoisotopic (exact) mass is 458 g/mol.